The van der Waals surface area contributed by atoms with E-state index in [9.17, 15) is 0 Å². The van der Waals surface area contributed by atoms with Gasteiger partial charge in [0, 0.05) is 70.2 Å². The highest BCUT2D eigenvalue weighted by Gasteiger charge is 2.47. The predicted molar refractivity (Wildman–Crippen MR) is 162 cm³/mol. The van der Waals surface area contributed by atoms with Gasteiger partial charge < -0.3 is 18.9 Å². The summed E-state index contributed by atoms with van der Waals surface area (Å²) in [5.41, 5.74) is 9.89. The molecular formula is C34H19BN4O2. The Labute approximate surface area is 235 Å². The Hall–Kier alpha value is -5.56. The zero-order valence-corrected chi connectivity index (χ0v) is 21.7. The Morgan fingerprint density at radius 2 is 1.12 bits per heavy atom. The van der Waals surface area contributed by atoms with Crippen molar-refractivity contribution in [3.05, 3.63) is 116 Å². The molecule has 0 bridgehead atoms. The van der Waals surface area contributed by atoms with Crippen molar-refractivity contribution in [2.24, 2.45) is 0 Å². The van der Waals surface area contributed by atoms with Gasteiger partial charge in [-0.1, -0.05) is 30.3 Å². The molecule has 3 aliphatic rings. The number of hydrogen-bond acceptors (Lipinski definition) is 5. The number of hydrogen-bond donors (Lipinski definition) is 0. The molecular weight excluding hydrogens is 507 g/mol. The average molecular weight is 526 g/mol. The Morgan fingerprint density at radius 1 is 0.537 bits per heavy atom. The lowest BCUT2D eigenvalue weighted by Crippen LogP contribution is -2.61. The van der Waals surface area contributed by atoms with Gasteiger partial charge in [-0.2, -0.15) is 0 Å². The van der Waals surface area contributed by atoms with E-state index in [0.29, 0.717) is 0 Å². The summed E-state index contributed by atoms with van der Waals surface area (Å²) < 4.78 is 15.7. The second-order valence-corrected chi connectivity index (χ2v) is 10.7. The Bertz CT molecular complexity index is 2110. The quantitative estimate of drug-likeness (QED) is 0.256. The highest BCUT2D eigenvalue weighted by molar-refractivity contribution is 7.00. The molecule has 0 radical (unpaired) electrons. The Balaban J connectivity index is 1.26. The third-order valence-electron chi connectivity index (χ3n) is 8.60. The second kappa shape index (κ2) is 7.55. The molecule has 0 fully saturated rings. The van der Waals surface area contributed by atoms with Crippen LogP contribution in [0.2, 0.25) is 0 Å². The molecule has 3 aliphatic heterocycles. The summed E-state index contributed by atoms with van der Waals surface area (Å²) in [6.07, 6.45) is 7.47. The summed E-state index contributed by atoms with van der Waals surface area (Å²) in [7, 11) is 0. The molecule has 0 spiro atoms. The third kappa shape index (κ3) is 2.67. The van der Waals surface area contributed by atoms with Crippen molar-refractivity contribution in [3.63, 3.8) is 0 Å². The number of para-hydroxylation sites is 1. The van der Waals surface area contributed by atoms with Gasteiger partial charge in [0.15, 0.2) is 0 Å². The zero-order valence-electron chi connectivity index (χ0n) is 21.7. The largest absolute Gasteiger partial charge is 0.458 e. The average Bonchev–Trinajstić information content (AvgIpc) is 3.36. The van der Waals surface area contributed by atoms with Gasteiger partial charge in [0.25, 0.3) is 6.71 Å². The Kier molecular flexibility index (Phi) is 3.92. The first-order valence-corrected chi connectivity index (χ1v) is 13.7. The number of rotatable bonds is 2. The van der Waals surface area contributed by atoms with Crippen molar-refractivity contribution < 1.29 is 9.47 Å². The first kappa shape index (κ1) is 21.3. The van der Waals surface area contributed by atoms with Crippen LogP contribution >= 0.6 is 0 Å². The van der Waals surface area contributed by atoms with Crippen LogP contribution in [0, 0.1) is 0 Å². The van der Waals surface area contributed by atoms with E-state index in [0.717, 1.165) is 73.0 Å². The van der Waals surface area contributed by atoms with Crippen LogP contribution in [0.15, 0.2) is 116 Å². The minimum atomic E-state index is 0.0143. The summed E-state index contributed by atoms with van der Waals surface area (Å²) in [5, 5.41) is 2.11. The van der Waals surface area contributed by atoms with Gasteiger partial charge in [-0.25, -0.2) is 0 Å². The number of pyridine rings is 2. The van der Waals surface area contributed by atoms with Crippen molar-refractivity contribution in [2.45, 2.75) is 0 Å². The topological polar surface area (TPSA) is 52.4 Å². The van der Waals surface area contributed by atoms with Crippen LogP contribution in [-0.2, 0) is 0 Å². The third-order valence-corrected chi connectivity index (χ3v) is 8.60. The van der Waals surface area contributed by atoms with E-state index in [1.165, 1.54) is 10.9 Å². The number of nitrogens with zero attached hydrogens (tertiary/aromatic N) is 4. The number of anilines is 3. The molecule has 0 atom stereocenters. The van der Waals surface area contributed by atoms with Crippen molar-refractivity contribution in [1.29, 1.82) is 0 Å². The summed E-state index contributed by atoms with van der Waals surface area (Å²) >= 11 is 0. The van der Waals surface area contributed by atoms with E-state index < -0.39 is 0 Å². The van der Waals surface area contributed by atoms with E-state index in [4.69, 9.17) is 9.47 Å². The molecule has 190 valence electrons. The first-order valence-electron chi connectivity index (χ1n) is 13.7. The highest BCUT2D eigenvalue weighted by Crippen LogP contribution is 2.46. The minimum absolute atomic E-state index is 0.0143. The van der Waals surface area contributed by atoms with Crippen LogP contribution < -0.4 is 30.8 Å². The monoisotopic (exact) mass is 526 g/mol. The maximum Gasteiger partial charge on any atom is 0.266 e. The molecule has 0 aliphatic carbocycles. The van der Waals surface area contributed by atoms with Crippen LogP contribution in [-0.4, -0.2) is 21.2 Å². The predicted octanol–water partition coefficient (Wildman–Crippen LogP) is 6.08. The minimum Gasteiger partial charge on any atom is -0.458 e. The van der Waals surface area contributed by atoms with Gasteiger partial charge in [-0.15, -0.1) is 0 Å². The second-order valence-electron chi connectivity index (χ2n) is 10.7. The standard InChI is InChI=1S/C34H19BN4O2/c1-2-6-20(7-3-1)38-26-8-4-10-28-32(26)35-33-27(38)9-5-11-29(33)41-31-17-21(16-30(40-28)34(31)35)39-24-12-14-36-18-22(24)23-19-37-15-13-25(23)39/h1-19H. The van der Waals surface area contributed by atoms with Gasteiger partial charge in [-0.3, -0.25) is 9.97 Å². The molecule has 0 amide bonds. The number of benzene rings is 4. The molecule has 6 heterocycles. The van der Waals surface area contributed by atoms with E-state index >= 15 is 0 Å². The van der Waals surface area contributed by atoms with Gasteiger partial charge in [0.2, 0.25) is 0 Å². The lowest BCUT2D eigenvalue weighted by molar-refractivity contribution is 0.464. The fourth-order valence-electron chi connectivity index (χ4n) is 7.02. The number of fused-ring (bicyclic) bond motifs is 3. The molecule has 41 heavy (non-hydrogen) atoms. The molecule has 0 saturated heterocycles. The van der Waals surface area contributed by atoms with Crippen molar-refractivity contribution in [1.82, 2.24) is 14.5 Å². The fraction of sp³-hybridized carbons (Fsp3) is 0. The zero-order chi connectivity index (χ0) is 26.7. The summed E-state index contributed by atoms with van der Waals surface area (Å²) in [6.45, 7) is 0.0143. The van der Waals surface area contributed by atoms with Gasteiger partial charge >= 0.3 is 0 Å². The van der Waals surface area contributed by atoms with Crippen LogP contribution in [0.1, 0.15) is 0 Å². The summed E-state index contributed by atoms with van der Waals surface area (Å²) in [6, 6.07) is 31.6. The normalized spacial score (nSPS) is 13.7. The maximum atomic E-state index is 6.75. The smallest absolute Gasteiger partial charge is 0.266 e. The molecule has 0 N–H and O–H groups in total. The molecule has 10 rings (SSSR count). The lowest BCUT2D eigenvalue weighted by atomic mass is 9.33. The van der Waals surface area contributed by atoms with Gasteiger partial charge in [-0.05, 0) is 59.5 Å². The maximum absolute atomic E-state index is 6.75. The summed E-state index contributed by atoms with van der Waals surface area (Å²) in [5.74, 6) is 3.39. The van der Waals surface area contributed by atoms with Crippen molar-refractivity contribution in [2.75, 3.05) is 4.90 Å². The van der Waals surface area contributed by atoms with Crippen LogP contribution in [0.3, 0.4) is 0 Å². The van der Waals surface area contributed by atoms with Crippen LogP contribution in [0.25, 0.3) is 27.5 Å². The van der Waals surface area contributed by atoms with Crippen molar-refractivity contribution >= 4 is 62.0 Å². The fourth-order valence-corrected chi connectivity index (χ4v) is 7.02. The molecule has 7 heteroatoms. The lowest BCUT2D eigenvalue weighted by Gasteiger charge is -2.42. The number of ether oxygens (including phenoxy) is 2. The van der Waals surface area contributed by atoms with Crippen LogP contribution in [0.5, 0.6) is 23.0 Å². The van der Waals surface area contributed by atoms with Gasteiger partial charge in [0.1, 0.15) is 23.0 Å². The molecule has 0 saturated carbocycles. The Morgan fingerprint density at radius 3 is 1.71 bits per heavy atom. The van der Waals surface area contributed by atoms with E-state index in [2.05, 4.69) is 92.2 Å². The molecule has 0 unspecified atom stereocenters. The number of aromatic nitrogens is 3. The van der Waals surface area contributed by atoms with E-state index in [-0.39, 0.29) is 6.71 Å². The molecule has 3 aromatic heterocycles. The van der Waals surface area contributed by atoms with Gasteiger partial charge in [0.05, 0.1) is 16.7 Å². The SMILES string of the molecule is c1ccc(N2c3cccc4c3B3c5c(cc(-n6c7ccncc7c7cnccc76)cc5Oc5cccc2c53)O4)cc1. The summed E-state index contributed by atoms with van der Waals surface area (Å²) in [4.78, 5) is 11.1. The molecule has 4 aromatic carbocycles. The first-order chi connectivity index (χ1) is 20.3. The van der Waals surface area contributed by atoms with Crippen LogP contribution in [0.4, 0.5) is 17.1 Å². The highest BCUT2D eigenvalue weighted by atomic mass is 16.5. The van der Waals surface area contributed by atoms with E-state index in [1.54, 1.807) is 0 Å². The van der Waals surface area contributed by atoms with E-state index in [1.807, 2.05) is 43.0 Å². The molecule has 7 aromatic rings. The molecule has 6 nitrogen and oxygen atoms in total. The van der Waals surface area contributed by atoms with Crippen molar-refractivity contribution in [3.8, 4) is 28.7 Å².